The molecule has 100 valence electrons. The Morgan fingerprint density at radius 2 is 1.65 bits per heavy atom. The van der Waals surface area contributed by atoms with E-state index in [4.69, 9.17) is 12.2 Å². The molecule has 0 aliphatic carbocycles. The van der Waals surface area contributed by atoms with Crippen molar-refractivity contribution in [2.75, 3.05) is 0 Å². The van der Waals surface area contributed by atoms with Crippen molar-refractivity contribution in [2.45, 2.75) is 13.0 Å². The van der Waals surface area contributed by atoms with Crippen LogP contribution in [0.2, 0.25) is 0 Å². The summed E-state index contributed by atoms with van der Waals surface area (Å²) in [6.45, 7) is 2.09. The Bertz CT molecular complexity index is 644. The number of hydrogen-bond donors (Lipinski definition) is 2. The molecule has 1 aliphatic rings. The lowest BCUT2D eigenvalue weighted by Gasteiger charge is -2.26. The molecule has 0 saturated carbocycles. The minimum Gasteiger partial charge on any atom is -0.352 e. The topological polar surface area (TPSA) is 24.1 Å². The van der Waals surface area contributed by atoms with Gasteiger partial charge in [-0.05, 0) is 36.3 Å². The zero-order valence-electron chi connectivity index (χ0n) is 11.3. The van der Waals surface area contributed by atoms with Crippen LogP contribution in [0.1, 0.15) is 22.7 Å². The van der Waals surface area contributed by atoms with Gasteiger partial charge in [-0.1, -0.05) is 60.2 Å². The Hall–Kier alpha value is -2.13. The lowest BCUT2D eigenvalue weighted by molar-refractivity contribution is 0.765. The van der Waals surface area contributed by atoms with Gasteiger partial charge in [0, 0.05) is 5.70 Å². The average molecular weight is 280 g/mol. The fraction of sp³-hybridized carbons (Fsp3) is 0.118. The molecule has 0 bridgehead atoms. The quantitative estimate of drug-likeness (QED) is 0.823. The molecule has 0 fully saturated rings. The Morgan fingerprint density at radius 3 is 2.35 bits per heavy atom. The molecular formula is C17H16N2S. The molecule has 1 unspecified atom stereocenters. The van der Waals surface area contributed by atoms with E-state index in [0.717, 1.165) is 11.3 Å². The molecule has 2 aromatic carbocycles. The van der Waals surface area contributed by atoms with Crippen LogP contribution < -0.4 is 10.6 Å². The van der Waals surface area contributed by atoms with Gasteiger partial charge >= 0.3 is 0 Å². The maximum absolute atomic E-state index is 5.32. The molecule has 0 aromatic heterocycles. The third-order valence-electron chi connectivity index (χ3n) is 3.39. The van der Waals surface area contributed by atoms with Crippen LogP contribution in [-0.4, -0.2) is 5.11 Å². The molecule has 2 aromatic rings. The second-order valence-electron chi connectivity index (χ2n) is 4.93. The number of aryl methyl sites for hydroxylation is 1. The number of rotatable bonds is 2. The van der Waals surface area contributed by atoms with Crippen LogP contribution in [0.4, 0.5) is 0 Å². The van der Waals surface area contributed by atoms with Crippen LogP contribution in [0.3, 0.4) is 0 Å². The lowest BCUT2D eigenvalue weighted by Crippen LogP contribution is -2.40. The van der Waals surface area contributed by atoms with Crippen molar-refractivity contribution in [3.8, 4) is 0 Å². The number of nitrogens with one attached hydrogen (secondary N) is 2. The van der Waals surface area contributed by atoms with E-state index >= 15 is 0 Å². The summed E-state index contributed by atoms with van der Waals surface area (Å²) in [5.74, 6) is 0. The van der Waals surface area contributed by atoms with Gasteiger partial charge in [0.05, 0.1) is 6.04 Å². The van der Waals surface area contributed by atoms with E-state index in [0.29, 0.717) is 5.11 Å². The van der Waals surface area contributed by atoms with E-state index < -0.39 is 0 Å². The van der Waals surface area contributed by atoms with Crippen molar-refractivity contribution in [2.24, 2.45) is 0 Å². The van der Waals surface area contributed by atoms with E-state index in [1.165, 1.54) is 11.1 Å². The molecule has 1 heterocycles. The van der Waals surface area contributed by atoms with Gasteiger partial charge in [-0.2, -0.15) is 0 Å². The zero-order chi connectivity index (χ0) is 13.9. The Balaban J connectivity index is 1.95. The lowest BCUT2D eigenvalue weighted by atomic mass is 10.0. The van der Waals surface area contributed by atoms with E-state index in [9.17, 15) is 0 Å². The van der Waals surface area contributed by atoms with Gasteiger partial charge in [0.15, 0.2) is 5.11 Å². The van der Waals surface area contributed by atoms with Crippen molar-refractivity contribution in [1.82, 2.24) is 10.6 Å². The summed E-state index contributed by atoms with van der Waals surface area (Å²) in [4.78, 5) is 0. The summed E-state index contributed by atoms with van der Waals surface area (Å²) >= 11 is 5.32. The first-order chi connectivity index (χ1) is 9.72. The average Bonchev–Trinajstić information content (AvgIpc) is 2.48. The van der Waals surface area contributed by atoms with Crippen LogP contribution in [-0.2, 0) is 0 Å². The maximum atomic E-state index is 5.32. The second-order valence-corrected chi connectivity index (χ2v) is 5.34. The molecule has 3 rings (SSSR count). The van der Waals surface area contributed by atoms with Gasteiger partial charge in [0.1, 0.15) is 0 Å². The molecule has 3 heteroatoms. The van der Waals surface area contributed by atoms with Crippen LogP contribution >= 0.6 is 12.2 Å². The first kappa shape index (κ1) is 12.9. The predicted molar refractivity (Wildman–Crippen MR) is 87.2 cm³/mol. The number of thiocarbonyl (C=S) groups is 1. The summed E-state index contributed by atoms with van der Waals surface area (Å²) in [7, 11) is 0. The Morgan fingerprint density at radius 1 is 0.950 bits per heavy atom. The molecule has 1 atom stereocenters. The van der Waals surface area contributed by atoms with Crippen LogP contribution in [0.15, 0.2) is 60.7 Å². The molecule has 0 saturated heterocycles. The Labute approximate surface area is 124 Å². The largest absolute Gasteiger partial charge is 0.352 e. The van der Waals surface area contributed by atoms with E-state index in [1.807, 2.05) is 18.2 Å². The minimum atomic E-state index is 0.111. The van der Waals surface area contributed by atoms with Crippen molar-refractivity contribution >= 4 is 23.0 Å². The highest BCUT2D eigenvalue weighted by molar-refractivity contribution is 7.80. The second kappa shape index (κ2) is 5.47. The van der Waals surface area contributed by atoms with Crippen molar-refractivity contribution < 1.29 is 0 Å². The van der Waals surface area contributed by atoms with E-state index in [-0.39, 0.29) is 6.04 Å². The first-order valence-corrected chi connectivity index (χ1v) is 7.04. The predicted octanol–water partition coefficient (Wildman–Crippen LogP) is 3.55. The summed E-state index contributed by atoms with van der Waals surface area (Å²) in [5, 5.41) is 7.18. The summed E-state index contributed by atoms with van der Waals surface area (Å²) in [6, 6.07) is 18.9. The maximum Gasteiger partial charge on any atom is 0.171 e. The highest BCUT2D eigenvalue weighted by atomic mass is 32.1. The van der Waals surface area contributed by atoms with Gasteiger partial charge in [0.25, 0.3) is 0 Å². The van der Waals surface area contributed by atoms with Crippen LogP contribution in [0, 0.1) is 6.92 Å². The number of benzene rings is 2. The van der Waals surface area contributed by atoms with Gasteiger partial charge in [-0.3, -0.25) is 0 Å². The standard InChI is InChI=1S/C17H16N2S/c1-12-7-9-14(10-8-12)16-11-15(18-17(20)19-16)13-5-3-2-4-6-13/h2-11,16H,1H3,(H2,18,19,20). The van der Waals surface area contributed by atoms with Gasteiger partial charge in [-0.25, -0.2) is 0 Å². The van der Waals surface area contributed by atoms with Crippen LogP contribution in [0.25, 0.3) is 5.70 Å². The summed E-state index contributed by atoms with van der Waals surface area (Å²) in [5.41, 5.74) is 4.68. The molecule has 0 amide bonds. The summed E-state index contributed by atoms with van der Waals surface area (Å²) in [6.07, 6.45) is 2.18. The fourth-order valence-electron chi connectivity index (χ4n) is 2.29. The van der Waals surface area contributed by atoms with E-state index in [2.05, 4.69) is 60.0 Å². The third-order valence-corrected chi connectivity index (χ3v) is 3.61. The van der Waals surface area contributed by atoms with Crippen molar-refractivity contribution in [3.05, 3.63) is 77.4 Å². The number of hydrogen-bond acceptors (Lipinski definition) is 1. The third kappa shape index (κ3) is 2.73. The zero-order valence-corrected chi connectivity index (χ0v) is 12.1. The SMILES string of the molecule is Cc1ccc(C2C=C(c3ccccc3)NC(=S)N2)cc1. The minimum absolute atomic E-state index is 0.111. The first-order valence-electron chi connectivity index (χ1n) is 6.64. The Kier molecular flexibility index (Phi) is 3.52. The molecular weight excluding hydrogens is 264 g/mol. The smallest absolute Gasteiger partial charge is 0.171 e. The molecule has 20 heavy (non-hydrogen) atoms. The normalized spacial score (nSPS) is 17.9. The molecule has 2 nitrogen and oxygen atoms in total. The van der Waals surface area contributed by atoms with Gasteiger partial charge in [0.2, 0.25) is 0 Å². The van der Waals surface area contributed by atoms with E-state index in [1.54, 1.807) is 0 Å². The van der Waals surface area contributed by atoms with Crippen molar-refractivity contribution in [3.63, 3.8) is 0 Å². The van der Waals surface area contributed by atoms with Gasteiger partial charge in [-0.15, -0.1) is 0 Å². The van der Waals surface area contributed by atoms with Crippen molar-refractivity contribution in [1.29, 1.82) is 0 Å². The van der Waals surface area contributed by atoms with Crippen LogP contribution in [0.5, 0.6) is 0 Å². The molecule has 1 aliphatic heterocycles. The highest BCUT2D eigenvalue weighted by Gasteiger charge is 2.18. The van der Waals surface area contributed by atoms with Gasteiger partial charge < -0.3 is 10.6 Å². The molecule has 0 radical (unpaired) electrons. The highest BCUT2D eigenvalue weighted by Crippen LogP contribution is 2.23. The summed E-state index contributed by atoms with van der Waals surface area (Å²) < 4.78 is 0. The molecule has 0 spiro atoms. The fourth-order valence-corrected chi connectivity index (χ4v) is 2.53. The monoisotopic (exact) mass is 280 g/mol. The molecule has 2 N–H and O–H groups in total.